The van der Waals surface area contributed by atoms with Gasteiger partial charge in [0.15, 0.2) is 11.6 Å². The van der Waals surface area contributed by atoms with E-state index in [-0.39, 0.29) is 18.4 Å². The Morgan fingerprint density at radius 2 is 2.00 bits per heavy atom. The summed E-state index contributed by atoms with van der Waals surface area (Å²) in [5.74, 6) is -1.16. The summed E-state index contributed by atoms with van der Waals surface area (Å²) in [6.45, 7) is 1.44. The standard InChI is InChI=1S/C19H18FNO4/c1-12(22)24-18(13-6-3-2-4-7-13)19(23)21-11-15-10-14-8-5-9-16(20)17(14)25-15/h2-9,15,18H,10-11H2,1H3,(H,21,23). The molecule has 6 heteroatoms. The monoisotopic (exact) mass is 343 g/mol. The minimum Gasteiger partial charge on any atom is -0.485 e. The van der Waals surface area contributed by atoms with Gasteiger partial charge in [-0.2, -0.15) is 0 Å². The van der Waals surface area contributed by atoms with E-state index in [1.165, 1.54) is 13.0 Å². The molecule has 130 valence electrons. The second-order valence-corrected chi connectivity index (χ2v) is 5.82. The number of rotatable bonds is 5. The lowest BCUT2D eigenvalue weighted by atomic mass is 10.1. The lowest BCUT2D eigenvalue weighted by Gasteiger charge is -2.18. The van der Waals surface area contributed by atoms with Gasteiger partial charge in [0, 0.05) is 24.5 Å². The first kappa shape index (κ1) is 17.0. The predicted octanol–water partition coefficient (Wildman–Crippen LogP) is 2.55. The van der Waals surface area contributed by atoms with E-state index < -0.39 is 23.8 Å². The van der Waals surface area contributed by atoms with E-state index in [2.05, 4.69) is 5.32 Å². The quantitative estimate of drug-likeness (QED) is 0.848. The van der Waals surface area contributed by atoms with E-state index in [4.69, 9.17) is 9.47 Å². The molecule has 5 nitrogen and oxygen atoms in total. The maximum absolute atomic E-state index is 13.7. The number of amides is 1. The highest BCUT2D eigenvalue weighted by Crippen LogP contribution is 2.31. The average Bonchev–Trinajstić information content (AvgIpc) is 3.03. The summed E-state index contributed by atoms with van der Waals surface area (Å²) in [7, 11) is 0. The third kappa shape index (κ3) is 3.96. The highest BCUT2D eigenvalue weighted by molar-refractivity contribution is 5.84. The van der Waals surface area contributed by atoms with Gasteiger partial charge in [0.1, 0.15) is 6.10 Å². The van der Waals surface area contributed by atoms with Crippen LogP contribution >= 0.6 is 0 Å². The van der Waals surface area contributed by atoms with E-state index in [1.807, 2.05) is 6.07 Å². The molecule has 0 saturated heterocycles. The molecule has 1 heterocycles. The van der Waals surface area contributed by atoms with Gasteiger partial charge in [0.25, 0.3) is 5.91 Å². The summed E-state index contributed by atoms with van der Waals surface area (Å²) >= 11 is 0. The molecular weight excluding hydrogens is 325 g/mol. The molecule has 0 bridgehead atoms. The molecule has 1 N–H and O–H groups in total. The van der Waals surface area contributed by atoms with Crippen LogP contribution in [0.4, 0.5) is 4.39 Å². The molecule has 2 aromatic carbocycles. The Morgan fingerprint density at radius 1 is 1.24 bits per heavy atom. The fourth-order valence-corrected chi connectivity index (χ4v) is 2.79. The van der Waals surface area contributed by atoms with Crippen molar-refractivity contribution in [3.05, 3.63) is 65.5 Å². The van der Waals surface area contributed by atoms with E-state index >= 15 is 0 Å². The van der Waals surface area contributed by atoms with Crippen molar-refractivity contribution >= 4 is 11.9 Å². The Kier molecular flexibility index (Phi) is 4.97. The Hall–Kier alpha value is -2.89. The van der Waals surface area contributed by atoms with Crippen molar-refractivity contribution in [2.45, 2.75) is 25.6 Å². The summed E-state index contributed by atoms with van der Waals surface area (Å²) < 4.78 is 24.4. The number of benzene rings is 2. The fraction of sp³-hybridized carbons (Fsp3) is 0.263. The Morgan fingerprint density at radius 3 is 2.68 bits per heavy atom. The number of esters is 1. The van der Waals surface area contributed by atoms with Gasteiger partial charge in [0.2, 0.25) is 6.10 Å². The van der Waals surface area contributed by atoms with Crippen LogP contribution in [-0.2, 0) is 20.7 Å². The topological polar surface area (TPSA) is 64.6 Å². The average molecular weight is 343 g/mol. The molecule has 0 aliphatic carbocycles. The highest BCUT2D eigenvalue weighted by Gasteiger charge is 2.28. The van der Waals surface area contributed by atoms with Gasteiger partial charge < -0.3 is 14.8 Å². The molecule has 2 unspecified atom stereocenters. The number of fused-ring (bicyclic) bond motifs is 1. The van der Waals surface area contributed by atoms with Gasteiger partial charge in [-0.1, -0.05) is 42.5 Å². The van der Waals surface area contributed by atoms with Crippen molar-refractivity contribution < 1.29 is 23.5 Å². The minimum absolute atomic E-state index is 0.192. The number of para-hydroxylation sites is 1. The first-order valence-electron chi connectivity index (χ1n) is 7.98. The number of hydrogen-bond donors (Lipinski definition) is 1. The molecule has 2 aromatic rings. The van der Waals surface area contributed by atoms with Crippen LogP contribution in [0, 0.1) is 5.82 Å². The molecule has 1 aliphatic heterocycles. The van der Waals surface area contributed by atoms with Gasteiger partial charge in [-0.3, -0.25) is 9.59 Å². The maximum Gasteiger partial charge on any atom is 0.303 e. The number of carbonyl (C=O) groups excluding carboxylic acids is 2. The van der Waals surface area contributed by atoms with Gasteiger partial charge in [-0.15, -0.1) is 0 Å². The number of carbonyl (C=O) groups is 2. The predicted molar refractivity (Wildman–Crippen MR) is 88.5 cm³/mol. The van der Waals surface area contributed by atoms with E-state index in [9.17, 15) is 14.0 Å². The molecular formula is C19H18FNO4. The smallest absolute Gasteiger partial charge is 0.303 e. The molecule has 0 radical (unpaired) electrons. The first-order valence-corrected chi connectivity index (χ1v) is 7.98. The van der Waals surface area contributed by atoms with Crippen LogP contribution in [-0.4, -0.2) is 24.5 Å². The molecule has 0 aromatic heterocycles. The van der Waals surface area contributed by atoms with Gasteiger partial charge in [-0.05, 0) is 6.07 Å². The van der Waals surface area contributed by atoms with Gasteiger partial charge in [-0.25, -0.2) is 4.39 Å². The fourth-order valence-electron chi connectivity index (χ4n) is 2.79. The molecule has 1 aliphatic rings. The number of nitrogens with one attached hydrogen (secondary N) is 1. The van der Waals surface area contributed by atoms with E-state index in [1.54, 1.807) is 36.4 Å². The lowest BCUT2D eigenvalue weighted by Crippen LogP contribution is -2.38. The van der Waals surface area contributed by atoms with Crippen LogP contribution in [0.3, 0.4) is 0 Å². The number of halogens is 1. The van der Waals surface area contributed by atoms with Crippen molar-refractivity contribution in [1.82, 2.24) is 5.32 Å². The third-order valence-corrected chi connectivity index (χ3v) is 3.91. The Balaban J connectivity index is 1.63. The Bertz CT molecular complexity index is 778. The van der Waals surface area contributed by atoms with Gasteiger partial charge in [0.05, 0.1) is 6.54 Å². The largest absolute Gasteiger partial charge is 0.485 e. The Labute approximate surface area is 144 Å². The summed E-state index contributed by atoms with van der Waals surface area (Å²) in [6, 6.07) is 13.5. The second kappa shape index (κ2) is 7.34. The van der Waals surface area contributed by atoms with Crippen LogP contribution in [0.1, 0.15) is 24.2 Å². The zero-order valence-electron chi connectivity index (χ0n) is 13.7. The molecule has 3 rings (SSSR count). The van der Waals surface area contributed by atoms with Crippen LogP contribution in [0.5, 0.6) is 5.75 Å². The lowest BCUT2D eigenvalue weighted by molar-refractivity contribution is -0.154. The third-order valence-electron chi connectivity index (χ3n) is 3.91. The van der Waals surface area contributed by atoms with Crippen molar-refractivity contribution in [3.8, 4) is 5.75 Å². The normalized spacial score (nSPS) is 16.5. The summed E-state index contributed by atoms with van der Waals surface area (Å²) in [5.41, 5.74) is 1.36. The molecule has 0 saturated carbocycles. The summed E-state index contributed by atoms with van der Waals surface area (Å²) in [4.78, 5) is 23.8. The molecule has 2 atom stereocenters. The van der Waals surface area contributed by atoms with Crippen molar-refractivity contribution in [2.75, 3.05) is 6.54 Å². The van der Waals surface area contributed by atoms with E-state index in [0.717, 1.165) is 5.56 Å². The van der Waals surface area contributed by atoms with Crippen molar-refractivity contribution in [3.63, 3.8) is 0 Å². The van der Waals surface area contributed by atoms with E-state index in [0.29, 0.717) is 12.0 Å². The first-order chi connectivity index (χ1) is 12.0. The van der Waals surface area contributed by atoms with Crippen LogP contribution < -0.4 is 10.1 Å². The number of hydrogen-bond acceptors (Lipinski definition) is 4. The maximum atomic E-state index is 13.7. The zero-order chi connectivity index (χ0) is 17.8. The molecule has 1 amide bonds. The molecule has 0 fully saturated rings. The van der Waals surface area contributed by atoms with Gasteiger partial charge >= 0.3 is 5.97 Å². The molecule has 25 heavy (non-hydrogen) atoms. The van der Waals surface area contributed by atoms with Crippen LogP contribution in [0.15, 0.2) is 48.5 Å². The SMILES string of the molecule is CC(=O)OC(C(=O)NCC1Cc2cccc(F)c2O1)c1ccccc1. The van der Waals surface area contributed by atoms with Crippen molar-refractivity contribution in [1.29, 1.82) is 0 Å². The summed E-state index contributed by atoms with van der Waals surface area (Å²) in [6.07, 6.45) is -0.875. The number of ether oxygens (including phenoxy) is 2. The minimum atomic E-state index is -1.03. The highest BCUT2D eigenvalue weighted by atomic mass is 19.1. The van der Waals surface area contributed by atoms with Crippen LogP contribution in [0.25, 0.3) is 0 Å². The van der Waals surface area contributed by atoms with Crippen molar-refractivity contribution in [2.24, 2.45) is 0 Å². The summed E-state index contributed by atoms with van der Waals surface area (Å²) in [5, 5.41) is 2.72. The zero-order valence-corrected chi connectivity index (χ0v) is 13.7. The van der Waals surface area contributed by atoms with Crippen LogP contribution in [0.2, 0.25) is 0 Å². The molecule has 0 spiro atoms. The second-order valence-electron chi connectivity index (χ2n) is 5.82.